The van der Waals surface area contributed by atoms with Gasteiger partial charge in [0.15, 0.2) is 0 Å². The van der Waals surface area contributed by atoms with Crippen molar-refractivity contribution < 1.29 is 13.2 Å². The summed E-state index contributed by atoms with van der Waals surface area (Å²) in [5.74, 6) is 0. The fourth-order valence-corrected chi connectivity index (χ4v) is 2.05. The molecule has 0 radical (unpaired) electrons. The Balaban J connectivity index is 2.17. The highest BCUT2D eigenvalue weighted by atomic mass is 19.4. The third kappa shape index (κ3) is 2.95. The van der Waals surface area contributed by atoms with Crippen LogP contribution in [0.25, 0.3) is 0 Å². The second kappa shape index (κ2) is 5.56. The molecule has 20 heavy (non-hydrogen) atoms. The van der Waals surface area contributed by atoms with E-state index in [1.54, 1.807) is 12.3 Å². The van der Waals surface area contributed by atoms with Crippen molar-refractivity contribution in [1.29, 1.82) is 0 Å². The lowest BCUT2D eigenvalue weighted by Crippen LogP contribution is -2.11. The zero-order valence-corrected chi connectivity index (χ0v) is 11.3. The minimum absolute atomic E-state index is 0.0867. The average Bonchev–Trinajstić information content (AvgIpc) is 2.76. The molecule has 6 heteroatoms. The summed E-state index contributed by atoms with van der Waals surface area (Å²) in [6.07, 6.45) is -2.67. The molecule has 0 atom stereocenters. The summed E-state index contributed by atoms with van der Waals surface area (Å²) in [6.45, 7) is 4.93. The van der Waals surface area contributed by atoms with Gasteiger partial charge >= 0.3 is 6.18 Å². The van der Waals surface area contributed by atoms with Crippen LogP contribution in [-0.2, 0) is 19.3 Å². The number of halogens is 3. The number of hydrogen-bond donors (Lipinski definition) is 1. The first-order chi connectivity index (χ1) is 9.43. The number of nitrogens with zero attached hydrogens (tertiary/aromatic N) is 2. The lowest BCUT2D eigenvalue weighted by molar-refractivity contribution is -0.136. The predicted octanol–water partition coefficient (Wildman–Crippen LogP) is 3.84. The summed E-state index contributed by atoms with van der Waals surface area (Å²) in [6, 6.07) is 5.47. The number of nitrogens with one attached hydrogen (secondary N) is 1. The predicted molar refractivity (Wildman–Crippen MR) is 71.4 cm³/mol. The number of anilines is 1. The van der Waals surface area contributed by atoms with E-state index in [2.05, 4.69) is 10.4 Å². The van der Waals surface area contributed by atoms with E-state index in [4.69, 9.17) is 0 Å². The number of aryl methyl sites for hydroxylation is 1. The summed E-state index contributed by atoms with van der Waals surface area (Å²) in [7, 11) is 0. The molecule has 0 amide bonds. The summed E-state index contributed by atoms with van der Waals surface area (Å²) in [4.78, 5) is 0. The molecule has 0 fully saturated rings. The maximum absolute atomic E-state index is 12.9. The summed E-state index contributed by atoms with van der Waals surface area (Å²) >= 11 is 0. The first kappa shape index (κ1) is 14.4. The normalized spacial score (nSPS) is 11.7. The zero-order chi connectivity index (χ0) is 14.8. The Morgan fingerprint density at radius 1 is 1.25 bits per heavy atom. The van der Waals surface area contributed by atoms with Crippen LogP contribution < -0.4 is 5.32 Å². The van der Waals surface area contributed by atoms with Gasteiger partial charge in [0.05, 0.1) is 11.8 Å². The van der Waals surface area contributed by atoms with E-state index in [-0.39, 0.29) is 5.69 Å². The number of para-hydroxylation sites is 1. The van der Waals surface area contributed by atoms with E-state index in [0.717, 1.165) is 23.9 Å². The average molecular weight is 283 g/mol. The highest BCUT2D eigenvalue weighted by Gasteiger charge is 2.33. The van der Waals surface area contributed by atoms with Crippen molar-refractivity contribution in [3.63, 3.8) is 0 Å². The first-order valence-electron chi connectivity index (χ1n) is 6.35. The van der Waals surface area contributed by atoms with Crippen LogP contribution >= 0.6 is 0 Å². The maximum atomic E-state index is 12.9. The molecule has 0 aliphatic heterocycles. The molecular weight excluding hydrogens is 267 g/mol. The quantitative estimate of drug-likeness (QED) is 0.923. The van der Waals surface area contributed by atoms with Crippen LogP contribution in [0.5, 0.6) is 0 Å². The van der Waals surface area contributed by atoms with Crippen molar-refractivity contribution in [3.8, 4) is 0 Å². The number of hydrogen-bond acceptors (Lipinski definition) is 2. The molecule has 0 aliphatic carbocycles. The van der Waals surface area contributed by atoms with Crippen LogP contribution in [0.15, 0.2) is 30.5 Å². The standard InChI is InChI=1S/C14H16F3N3/c1-3-20-10(2)11(9-19-20)8-18-13-7-5-4-6-12(13)14(15,16)17/h4-7,9,18H,3,8H2,1-2H3. The SMILES string of the molecule is CCn1ncc(CNc2ccccc2C(F)(F)F)c1C. The molecule has 3 nitrogen and oxygen atoms in total. The highest BCUT2D eigenvalue weighted by molar-refractivity contribution is 5.52. The molecule has 1 heterocycles. The molecule has 2 aromatic rings. The molecule has 1 N–H and O–H groups in total. The van der Waals surface area contributed by atoms with Crippen molar-refractivity contribution in [1.82, 2.24) is 9.78 Å². The Morgan fingerprint density at radius 3 is 2.55 bits per heavy atom. The van der Waals surface area contributed by atoms with Gasteiger partial charge in [-0.2, -0.15) is 18.3 Å². The molecule has 0 saturated carbocycles. The van der Waals surface area contributed by atoms with Gasteiger partial charge in [-0.25, -0.2) is 0 Å². The van der Waals surface area contributed by atoms with Crippen molar-refractivity contribution in [3.05, 3.63) is 47.3 Å². The molecule has 0 unspecified atom stereocenters. The molecule has 0 bridgehead atoms. The Kier molecular flexibility index (Phi) is 4.01. The van der Waals surface area contributed by atoms with E-state index in [1.165, 1.54) is 12.1 Å². The van der Waals surface area contributed by atoms with E-state index in [9.17, 15) is 13.2 Å². The third-order valence-electron chi connectivity index (χ3n) is 3.21. The molecular formula is C14H16F3N3. The van der Waals surface area contributed by atoms with Crippen molar-refractivity contribution >= 4 is 5.69 Å². The Bertz CT molecular complexity index is 588. The maximum Gasteiger partial charge on any atom is 0.418 e. The summed E-state index contributed by atoms with van der Waals surface area (Å²) in [5, 5.41) is 7.01. The van der Waals surface area contributed by atoms with Crippen molar-refractivity contribution in [2.45, 2.75) is 33.1 Å². The van der Waals surface area contributed by atoms with Gasteiger partial charge in [0.1, 0.15) is 0 Å². The number of alkyl halides is 3. The molecule has 1 aromatic heterocycles. The minimum atomic E-state index is -4.35. The topological polar surface area (TPSA) is 29.9 Å². The van der Waals surface area contributed by atoms with E-state index in [0.29, 0.717) is 6.54 Å². The van der Waals surface area contributed by atoms with Crippen LogP contribution in [0.1, 0.15) is 23.7 Å². The van der Waals surface area contributed by atoms with Crippen LogP contribution in [0.2, 0.25) is 0 Å². The zero-order valence-electron chi connectivity index (χ0n) is 11.3. The van der Waals surface area contributed by atoms with Gasteiger partial charge in [-0.3, -0.25) is 4.68 Å². The van der Waals surface area contributed by atoms with Crippen molar-refractivity contribution in [2.24, 2.45) is 0 Å². The summed E-state index contributed by atoms with van der Waals surface area (Å²) < 4.78 is 40.4. The highest BCUT2D eigenvalue weighted by Crippen LogP contribution is 2.34. The Labute approximate surface area is 115 Å². The fourth-order valence-electron chi connectivity index (χ4n) is 2.05. The fraction of sp³-hybridized carbons (Fsp3) is 0.357. The van der Waals surface area contributed by atoms with Gasteiger partial charge in [-0.1, -0.05) is 12.1 Å². The summed E-state index contributed by atoms with van der Waals surface area (Å²) in [5.41, 5.74) is 1.29. The lowest BCUT2D eigenvalue weighted by Gasteiger charge is -2.14. The lowest BCUT2D eigenvalue weighted by atomic mass is 10.1. The van der Waals surface area contributed by atoms with Gasteiger partial charge in [-0.15, -0.1) is 0 Å². The first-order valence-corrected chi connectivity index (χ1v) is 6.35. The van der Waals surface area contributed by atoms with Crippen LogP contribution in [0.3, 0.4) is 0 Å². The van der Waals surface area contributed by atoms with Gasteiger partial charge in [-0.05, 0) is 26.0 Å². The van der Waals surface area contributed by atoms with Crippen LogP contribution in [0.4, 0.5) is 18.9 Å². The Hall–Kier alpha value is -1.98. The number of benzene rings is 1. The molecule has 0 spiro atoms. The second-order valence-corrected chi connectivity index (χ2v) is 4.47. The van der Waals surface area contributed by atoms with Gasteiger partial charge in [0, 0.05) is 30.0 Å². The second-order valence-electron chi connectivity index (χ2n) is 4.47. The van der Waals surface area contributed by atoms with Crippen LogP contribution in [-0.4, -0.2) is 9.78 Å². The largest absolute Gasteiger partial charge is 0.418 e. The minimum Gasteiger partial charge on any atom is -0.380 e. The monoisotopic (exact) mass is 283 g/mol. The van der Waals surface area contributed by atoms with Gasteiger partial charge in [0.2, 0.25) is 0 Å². The number of aromatic nitrogens is 2. The van der Waals surface area contributed by atoms with Gasteiger partial charge in [0.25, 0.3) is 0 Å². The van der Waals surface area contributed by atoms with E-state index >= 15 is 0 Å². The van der Waals surface area contributed by atoms with Gasteiger partial charge < -0.3 is 5.32 Å². The Morgan fingerprint density at radius 2 is 1.95 bits per heavy atom. The molecule has 0 aliphatic rings. The smallest absolute Gasteiger partial charge is 0.380 e. The molecule has 2 rings (SSSR count). The third-order valence-corrected chi connectivity index (χ3v) is 3.21. The molecule has 1 aromatic carbocycles. The molecule has 0 saturated heterocycles. The van der Waals surface area contributed by atoms with Crippen molar-refractivity contribution in [2.75, 3.05) is 5.32 Å². The van der Waals surface area contributed by atoms with Crippen LogP contribution in [0, 0.1) is 6.92 Å². The molecule has 108 valence electrons. The number of rotatable bonds is 4. The van der Waals surface area contributed by atoms with E-state index < -0.39 is 11.7 Å². The van der Waals surface area contributed by atoms with E-state index in [1.807, 2.05) is 18.5 Å².